The number of nitriles is 1. The first kappa shape index (κ1) is 15.3. The molecule has 120 valence electrons. The maximum atomic E-state index is 12.9. The number of halogens is 3. The number of benzene rings is 1. The first-order chi connectivity index (χ1) is 11.0. The lowest BCUT2D eigenvalue weighted by Gasteiger charge is -2.34. The first-order valence-corrected chi connectivity index (χ1v) is 7.19. The molecule has 1 fully saturated rings. The summed E-state index contributed by atoms with van der Waals surface area (Å²) in [5.41, 5.74) is -0.620. The van der Waals surface area contributed by atoms with Gasteiger partial charge in [0.2, 0.25) is 0 Å². The standard InChI is InChI=1S/C15H14F3N5/c16-15(17,18)14-4-3-12(6-11(14)7-19)22-5-1-2-13(8-22)23-10-20-9-21-23/h3-4,6,9-10,13H,1-2,5,8H2. The number of rotatable bonds is 2. The molecule has 0 spiro atoms. The second kappa shape index (κ2) is 5.91. The number of nitrogens with zero attached hydrogens (tertiary/aromatic N) is 5. The normalized spacial score (nSPS) is 18.7. The Bertz CT molecular complexity index is 718. The summed E-state index contributed by atoms with van der Waals surface area (Å²) in [5, 5.41) is 13.1. The highest BCUT2D eigenvalue weighted by Gasteiger charge is 2.34. The molecule has 0 aliphatic carbocycles. The summed E-state index contributed by atoms with van der Waals surface area (Å²) in [4.78, 5) is 5.91. The van der Waals surface area contributed by atoms with Gasteiger partial charge in [0.1, 0.15) is 12.7 Å². The third-order valence-corrected chi connectivity index (χ3v) is 4.00. The second-order valence-corrected chi connectivity index (χ2v) is 5.46. The minimum Gasteiger partial charge on any atom is -0.369 e. The molecule has 2 heterocycles. The van der Waals surface area contributed by atoms with Crippen LogP contribution in [0.2, 0.25) is 0 Å². The van der Waals surface area contributed by atoms with Crippen LogP contribution in [-0.2, 0) is 6.18 Å². The monoisotopic (exact) mass is 321 g/mol. The molecular weight excluding hydrogens is 307 g/mol. The zero-order valence-corrected chi connectivity index (χ0v) is 12.2. The average Bonchev–Trinajstić information content (AvgIpc) is 3.08. The van der Waals surface area contributed by atoms with Crippen LogP contribution in [0.25, 0.3) is 0 Å². The van der Waals surface area contributed by atoms with Gasteiger partial charge < -0.3 is 4.90 Å². The number of hydrogen-bond acceptors (Lipinski definition) is 4. The van der Waals surface area contributed by atoms with Crippen LogP contribution in [0.4, 0.5) is 18.9 Å². The van der Waals surface area contributed by atoms with Gasteiger partial charge >= 0.3 is 6.18 Å². The van der Waals surface area contributed by atoms with E-state index in [9.17, 15) is 13.2 Å². The van der Waals surface area contributed by atoms with Gasteiger partial charge in [0.05, 0.1) is 23.2 Å². The molecule has 1 aliphatic rings. The minimum absolute atomic E-state index is 0.124. The van der Waals surface area contributed by atoms with Gasteiger partial charge in [-0.2, -0.15) is 23.5 Å². The summed E-state index contributed by atoms with van der Waals surface area (Å²) in [6.07, 6.45) is 0.417. The molecule has 0 N–H and O–H groups in total. The van der Waals surface area contributed by atoms with E-state index < -0.39 is 11.7 Å². The molecule has 2 aromatic rings. The van der Waals surface area contributed by atoms with E-state index in [-0.39, 0.29) is 11.6 Å². The fraction of sp³-hybridized carbons (Fsp3) is 0.400. The van der Waals surface area contributed by atoms with Crippen molar-refractivity contribution in [3.05, 3.63) is 42.0 Å². The summed E-state index contributed by atoms with van der Waals surface area (Å²) < 4.78 is 40.4. The van der Waals surface area contributed by atoms with Crippen LogP contribution in [0.1, 0.15) is 30.0 Å². The number of hydrogen-bond donors (Lipinski definition) is 0. The molecule has 23 heavy (non-hydrogen) atoms. The molecule has 0 saturated carbocycles. The Hall–Kier alpha value is -2.56. The quantitative estimate of drug-likeness (QED) is 0.853. The van der Waals surface area contributed by atoms with Crippen LogP contribution in [0.5, 0.6) is 0 Å². The first-order valence-electron chi connectivity index (χ1n) is 7.19. The molecule has 1 saturated heterocycles. The highest BCUT2D eigenvalue weighted by Crippen LogP contribution is 2.34. The second-order valence-electron chi connectivity index (χ2n) is 5.46. The molecule has 1 atom stereocenters. The topological polar surface area (TPSA) is 57.7 Å². The van der Waals surface area contributed by atoms with Crippen LogP contribution in [-0.4, -0.2) is 27.9 Å². The number of anilines is 1. The van der Waals surface area contributed by atoms with Crippen molar-refractivity contribution in [3.63, 3.8) is 0 Å². The van der Waals surface area contributed by atoms with Gasteiger partial charge in [-0.25, -0.2) is 9.67 Å². The summed E-state index contributed by atoms with van der Waals surface area (Å²) in [6.45, 7) is 1.36. The molecule has 5 nitrogen and oxygen atoms in total. The molecule has 3 rings (SSSR count). The van der Waals surface area contributed by atoms with Gasteiger partial charge in [-0.05, 0) is 31.0 Å². The Balaban J connectivity index is 1.85. The fourth-order valence-electron chi connectivity index (χ4n) is 2.88. The molecular formula is C15H14F3N5. The summed E-state index contributed by atoms with van der Waals surface area (Å²) >= 11 is 0. The van der Waals surface area contributed by atoms with Gasteiger partial charge in [0.25, 0.3) is 0 Å². The largest absolute Gasteiger partial charge is 0.417 e. The Kier molecular flexibility index (Phi) is 3.94. The SMILES string of the molecule is N#Cc1cc(N2CCCC(n3cncn3)C2)ccc1C(F)(F)F. The number of alkyl halides is 3. The van der Waals surface area contributed by atoms with Crippen LogP contribution in [0.15, 0.2) is 30.9 Å². The zero-order valence-electron chi connectivity index (χ0n) is 12.2. The number of piperidine rings is 1. The van der Waals surface area contributed by atoms with E-state index in [2.05, 4.69) is 10.1 Å². The smallest absolute Gasteiger partial charge is 0.369 e. The van der Waals surface area contributed by atoms with Crippen molar-refractivity contribution in [3.8, 4) is 6.07 Å². The van der Waals surface area contributed by atoms with Gasteiger partial charge in [0, 0.05) is 18.8 Å². The van der Waals surface area contributed by atoms with E-state index in [1.54, 1.807) is 17.1 Å². The van der Waals surface area contributed by atoms with E-state index in [1.165, 1.54) is 18.5 Å². The van der Waals surface area contributed by atoms with Crippen molar-refractivity contribution in [2.24, 2.45) is 0 Å². The highest BCUT2D eigenvalue weighted by molar-refractivity contribution is 5.55. The molecule has 1 aliphatic heterocycles. The lowest BCUT2D eigenvalue weighted by molar-refractivity contribution is -0.137. The Morgan fingerprint density at radius 3 is 2.78 bits per heavy atom. The van der Waals surface area contributed by atoms with Crippen LogP contribution in [0, 0.1) is 11.3 Å². The summed E-state index contributed by atoms with van der Waals surface area (Å²) in [7, 11) is 0. The molecule has 8 heteroatoms. The third-order valence-electron chi connectivity index (χ3n) is 4.00. The Labute approximate surface area is 131 Å². The van der Waals surface area contributed by atoms with Gasteiger partial charge in [-0.1, -0.05) is 0 Å². The maximum absolute atomic E-state index is 12.9. The van der Waals surface area contributed by atoms with E-state index in [1.807, 2.05) is 4.90 Å². The van der Waals surface area contributed by atoms with E-state index in [0.717, 1.165) is 25.5 Å². The van der Waals surface area contributed by atoms with Crippen LogP contribution >= 0.6 is 0 Å². The van der Waals surface area contributed by atoms with Crippen LogP contribution < -0.4 is 4.90 Å². The molecule has 1 aromatic carbocycles. The van der Waals surface area contributed by atoms with Crippen molar-refractivity contribution in [1.29, 1.82) is 5.26 Å². The summed E-state index contributed by atoms with van der Waals surface area (Å²) in [5.74, 6) is 0. The zero-order chi connectivity index (χ0) is 16.4. The predicted octanol–water partition coefficient (Wildman–Crippen LogP) is 3.01. The molecule has 0 amide bonds. The molecule has 0 bridgehead atoms. The number of aromatic nitrogens is 3. The average molecular weight is 321 g/mol. The lowest BCUT2D eigenvalue weighted by Crippen LogP contribution is -2.36. The van der Waals surface area contributed by atoms with Crippen molar-refractivity contribution in [1.82, 2.24) is 14.8 Å². The predicted molar refractivity (Wildman–Crippen MR) is 76.7 cm³/mol. The molecule has 1 aromatic heterocycles. The minimum atomic E-state index is -4.52. The molecule has 1 unspecified atom stereocenters. The van der Waals surface area contributed by atoms with E-state index in [4.69, 9.17) is 5.26 Å². The van der Waals surface area contributed by atoms with Crippen molar-refractivity contribution in [2.75, 3.05) is 18.0 Å². The highest BCUT2D eigenvalue weighted by atomic mass is 19.4. The van der Waals surface area contributed by atoms with E-state index in [0.29, 0.717) is 12.2 Å². The van der Waals surface area contributed by atoms with Crippen molar-refractivity contribution < 1.29 is 13.2 Å². The van der Waals surface area contributed by atoms with Gasteiger partial charge in [-0.3, -0.25) is 0 Å². The van der Waals surface area contributed by atoms with Gasteiger partial charge in [-0.15, -0.1) is 0 Å². The maximum Gasteiger partial charge on any atom is 0.417 e. The third kappa shape index (κ3) is 3.13. The Morgan fingerprint density at radius 2 is 2.13 bits per heavy atom. The van der Waals surface area contributed by atoms with Crippen LogP contribution in [0.3, 0.4) is 0 Å². The fourth-order valence-corrected chi connectivity index (χ4v) is 2.88. The van der Waals surface area contributed by atoms with Crippen molar-refractivity contribution >= 4 is 5.69 Å². The van der Waals surface area contributed by atoms with Crippen molar-refractivity contribution in [2.45, 2.75) is 25.1 Å². The Morgan fingerprint density at radius 1 is 1.30 bits per heavy atom. The lowest BCUT2D eigenvalue weighted by atomic mass is 10.0. The van der Waals surface area contributed by atoms with E-state index >= 15 is 0 Å². The molecule has 0 radical (unpaired) electrons. The van der Waals surface area contributed by atoms with Gasteiger partial charge in [0.15, 0.2) is 0 Å². The summed E-state index contributed by atoms with van der Waals surface area (Å²) in [6, 6.07) is 5.49.